The van der Waals surface area contributed by atoms with E-state index in [1.54, 1.807) is 0 Å². The number of rotatable bonds is 7. The van der Waals surface area contributed by atoms with Crippen molar-refractivity contribution in [3.05, 3.63) is 53.5 Å². The lowest BCUT2D eigenvalue weighted by Crippen LogP contribution is -2.46. The summed E-state index contributed by atoms with van der Waals surface area (Å²) < 4.78 is 5.50. The van der Waals surface area contributed by atoms with Gasteiger partial charge in [0, 0.05) is 41.5 Å². The van der Waals surface area contributed by atoms with Crippen LogP contribution < -0.4 is 5.32 Å². The fourth-order valence-electron chi connectivity index (χ4n) is 4.77. The van der Waals surface area contributed by atoms with Gasteiger partial charge >= 0.3 is 0 Å². The van der Waals surface area contributed by atoms with E-state index in [4.69, 9.17) is 4.52 Å². The molecule has 2 saturated carbocycles. The number of aromatic amines is 1. The third-order valence-electron chi connectivity index (χ3n) is 6.59. The maximum absolute atomic E-state index is 13.3. The van der Waals surface area contributed by atoms with E-state index in [1.165, 1.54) is 12.8 Å². The van der Waals surface area contributed by atoms with Crippen LogP contribution in [-0.4, -0.2) is 39.6 Å². The summed E-state index contributed by atoms with van der Waals surface area (Å²) in [7, 11) is 0. The molecule has 0 saturated heterocycles. The van der Waals surface area contributed by atoms with Crippen LogP contribution in [0.15, 0.2) is 40.9 Å². The van der Waals surface area contributed by atoms with Crippen LogP contribution in [0, 0.1) is 0 Å². The second kappa shape index (κ2) is 8.26. The van der Waals surface area contributed by atoms with E-state index in [0.717, 1.165) is 54.6 Å². The Bertz CT molecular complexity index is 986. The highest BCUT2D eigenvalue weighted by Gasteiger charge is 2.30. The normalized spacial score (nSPS) is 21.8. The molecular formula is C24H30N4O2. The summed E-state index contributed by atoms with van der Waals surface area (Å²) in [5.41, 5.74) is 2.80. The minimum Gasteiger partial charge on any atom is -0.360 e. The number of aromatic nitrogens is 2. The van der Waals surface area contributed by atoms with Crippen molar-refractivity contribution >= 4 is 16.8 Å². The Kier molecular flexibility index (Phi) is 5.34. The molecule has 5 rings (SSSR count). The molecule has 3 aromatic rings. The number of carbonyl (C=O) groups excluding carboxylic acids is 1. The van der Waals surface area contributed by atoms with Gasteiger partial charge in [-0.25, -0.2) is 0 Å². The summed E-state index contributed by atoms with van der Waals surface area (Å²) >= 11 is 0. The Balaban J connectivity index is 1.22. The predicted octanol–water partition coefficient (Wildman–Crippen LogP) is 4.60. The average Bonchev–Trinajstić information content (AvgIpc) is 3.35. The highest BCUT2D eigenvalue weighted by Crippen LogP contribution is 2.39. The third kappa shape index (κ3) is 4.01. The molecule has 6 heteroatoms. The van der Waals surface area contributed by atoms with Gasteiger partial charge in [0.1, 0.15) is 5.69 Å². The zero-order valence-corrected chi connectivity index (χ0v) is 17.6. The van der Waals surface area contributed by atoms with Gasteiger partial charge in [-0.2, -0.15) is 0 Å². The van der Waals surface area contributed by atoms with E-state index in [9.17, 15) is 4.79 Å². The molecule has 2 fully saturated rings. The van der Waals surface area contributed by atoms with Crippen molar-refractivity contribution in [1.29, 1.82) is 0 Å². The number of hydrogen-bond donors (Lipinski definition) is 2. The third-order valence-corrected chi connectivity index (χ3v) is 6.59. The second-order valence-electron chi connectivity index (χ2n) is 8.75. The zero-order valence-electron chi connectivity index (χ0n) is 17.6. The lowest BCUT2D eigenvalue weighted by Gasteiger charge is -2.37. The number of fused-ring (bicyclic) bond motifs is 1. The smallest absolute Gasteiger partial charge is 0.270 e. The molecule has 0 bridgehead atoms. The van der Waals surface area contributed by atoms with Crippen LogP contribution in [0.4, 0.5) is 0 Å². The van der Waals surface area contributed by atoms with Gasteiger partial charge in [-0.1, -0.05) is 23.4 Å². The van der Waals surface area contributed by atoms with Crippen molar-refractivity contribution in [3.8, 4) is 0 Å². The van der Waals surface area contributed by atoms with Crippen molar-refractivity contribution in [2.45, 2.75) is 70.0 Å². The molecule has 2 heterocycles. The van der Waals surface area contributed by atoms with Crippen LogP contribution in [-0.2, 0) is 6.54 Å². The van der Waals surface area contributed by atoms with Gasteiger partial charge in [0.05, 0.1) is 12.2 Å². The van der Waals surface area contributed by atoms with Gasteiger partial charge in [-0.15, -0.1) is 0 Å². The van der Waals surface area contributed by atoms with Crippen molar-refractivity contribution in [1.82, 2.24) is 20.4 Å². The SMILES string of the molecule is CCN(C(=O)c1cc2ccccc2[nH]1)C1CCCC(NCc2cc(C3CC3)no2)C1. The van der Waals surface area contributed by atoms with E-state index >= 15 is 0 Å². The van der Waals surface area contributed by atoms with E-state index in [0.29, 0.717) is 24.2 Å². The number of H-pyrrole nitrogens is 1. The van der Waals surface area contributed by atoms with Gasteiger partial charge < -0.3 is 19.7 Å². The minimum atomic E-state index is 0.101. The molecule has 158 valence electrons. The minimum absolute atomic E-state index is 0.101. The van der Waals surface area contributed by atoms with Crippen LogP contribution in [0.1, 0.15) is 73.3 Å². The number of nitrogens with one attached hydrogen (secondary N) is 2. The van der Waals surface area contributed by atoms with Crippen LogP contribution in [0.3, 0.4) is 0 Å². The van der Waals surface area contributed by atoms with E-state index < -0.39 is 0 Å². The van der Waals surface area contributed by atoms with Gasteiger partial charge in [0.15, 0.2) is 5.76 Å². The summed E-state index contributed by atoms with van der Waals surface area (Å²) in [6, 6.07) is 12.8. The first-order chi connectivity index (χ1) is 14.7. The maximum Gasteiger partial charge on any atom is 0.270 e. The van der Waals surface area contributed by atoms with E-state index in [1.807, 2.05) is 35.2 Å². The highest BCUT2D eigenvalue weighted by atomic mass is 16.5. The van der Waals surface area contributed by atoms with Crippen molar-refractivity contribution in [2.75, 3.05) is 6.54 Å². The number of benzene rings is 1. The monoisotopic (exact) mass is 406 g/mol. The zero-order chi connectivity index (χ0) is 20.5. The number of carbonyl (C=O) groups is 1. The predicted molar refractivity (Wildman–Crippen MR) is 116 cm³/mol. The molecule has 2 aromatic heterocycles. The summed E-state index contributed by atoms with van der Waals surface area (Å²) in [6.07, 6.45) is 6.78. The van der Waals surface area contributed by atoms with Crippen molar-refractivity contribution in [2.24, 2.45) is 0 Å². The Hall–Kier alpha value is -2.60. The second-order valence-corrected chi connectivity index (χ2v) is 8.75. The van der Waals surface area contributed by atoms with E-state index in [-0.39, 0.29) is 11.9 Å². The largest absolute Gasteiger partial charge is 0.360 e. The molecule has 30 heavy (non-hydrogen) atoms. The van der Waals surface area contributed by atoms with Gasteiger partial charge in [-0.05, 0) is 57.6 Å². The Morgan fingerprint density at radius 3 is 2.90 bits per heavy atom. The average molecular weight is 407 g/mol. The number of para-hydroxylation sites is 1. The molecule has 0 spiro atoms. The molecule has 0 radical (unpaired) electrons. The molecular weight excluding hydrogens is 376 g/mol. The lowest BCUT2D eigenvalue weighted by molar-refractivity contribution is 0.0622. The standard InChI is InChI=1S/C24H30N4O2/c1-2-28(24(29)23-12-17-6-3-4-9-21(17)26-23)19-8-5-7-18(13-19)25-15-20-14-22(27-30-20)16-10-11-16/h3-4,6,9,12,14,16,18-19,25-26H,2,5,7-8,10-11,13,15H2,1H3. The van der Waals surface area contributed by atoms with Crippen molar-refractivity contribution < 1.29 is 9.32 Å². The molecule has 2 aliphatic rings. The van der Waals surface area contributed by atoms with E-state index in [2.05, 4.69) is 28.4 Å². The fraction of sp³-hybridized carbons (Fsp3) is 0.500. The molecule has 6 nitrogen and oxygen atoms in total. The van der Waals surface area contributed by atoms with Gasteiger partial charge in [-0.3, -0.25) is 4.79 Å². The highest BCUT2D eigenvalue weighted by molar-refractivity contribution is 5.98. The van der Waals surface area contributed by atoms with Crippen LogP contribution in [0.25, 0.3) is 10.9 Å². The molecule has 2 unspecified atom stereocenters. The number of amides is 1. The molecule has 1 amide bonds. The number of hydrogen-bond acceptors (Lipinski definition) is 4. The van der Waals surface area contributed by atoms with Crippen LogP contribution in [0.2, 0.25) is 0 Å². The topological polar surface area (TPSA) is 74.2 Å². The Morgan fingerprint density at radius 1 is 1.23 bits per heavy atom. The Morgan fingerprint density at radius 2 is 2.10 bits per heavy atom. The fourth-order valence-corrected chi connectivity index (χ4v) is 4.77. The van der Waals surface area contributed by atoms with Crippen LogP contribution >= 0.6 is 0 Å². The number of nitrogens with zero attached hydrogens (tertiary/aromatic N) is 2. The molecule has 0 aliphatic heterocycles. The first-order valence-electron chi connectivity index (χ1n) is 11.3. The first-order valence-corrected chi connectivity index (χ1v) is 11.3. The van der Waals surface area contributed by atoms with Crippen LogP contribution in [0.5, 0.6) is 0 Å². The lowest BCUT2D eigenvalue weighted by atomic mass is 9.89. The quantitative estimate of drug-likeness (QED) is 0.601. The summed E-state index contributed by atoms with van der Waals surface area (Å²) in [6.45, 7) is 3.50. The molecule has 2 atom stereocenters. The maximum atomic E-state index is 13.3. The molecule has 1 aromatic carbocycles. The van der Waals surface area contributed by atoms with Gasteiger partial charge in [0.25, 0.3) is 5.91 Å². The first kappa shape index (κ1) is 19.4. The molecule has 2 aliphatic carbocycles. The summed E-state index contributed by atoms with van der Waals surface area (Å²) in [4.78, 5) is 18.6. The summed E-state index contributed by atoms with van der Waals surface area (Å²) in [5, 5.41) is 8.92. The Labute approximate surface area is 177 Å². The summed E-state index contributed by atoms with van der Waals surface area (Å²) in [5.74, 6) is 1.64. The molecule has 2 N–H and O–H groups in total. The van der Waals surface area contributed by atoms with Crippen molar-refractivity contribution in [3.63, 3.8) is 0 Å². The van der Waals surface area contributed by atoms with Gasteiger partial charge in [0.2, 0.25) is 0 Å².